The number of rotatable bonds is 8. The molecule has 1 fully saturated rings. The predicted octanol–water partition coefficient (Wildman–Crippen LogP) is 2.76. The van der Waals surface area contributed by atoms with Crippen LogP contribution in [0.5, 0.6) is 5.75 Å². The molecule has 170 valence electrons. The van der Waals surface area contributed by atoms with Crippen LogP contribution in [-0.2, 0) is 11.3 Å². The monoisotopic (exact) mass is 446 g/mol. The maximum atomic E-state index is 5.41. The van der Waals surface area contributed by atoms with Crippen LogP contribution in [0.15, 0.2) is 49.1 Å². The van der Waals surface area contributed by atoms with Crippen molar-refractivity contribution in [1.29, 1.82) is 0 Å². The van der Waals surface area contributed by atoms with Crippen LogP contribution in [0.25, 0.3) is 22.2 Å². The summed E-state index contributed by atoms with van der Waals surface area (Å²) in [6.07, 6.45) is 8.42. The number of ether oxygens (including phenoxy) is 2. The molecule has 0 amide bonds. The summed E-state index contributed by atoms with van der Waals surface area (Å²) in [5.41, 5.74) is 3.61. The fourth-order valence-corrected chi connectivity index (χ4v) is 3.80. The van der Waals surface area contributed by atoms with E-state index in [0.717, 1.165) is 68.0 Å². The van der Waals surface area contributed by atoms with Gasteiger partial charge < -0.3 is 14.8 Å². The SMILES string of the molecule is COc1cnnc(Nc2ccc3ncc(-c4cnn(CCCN5CCOCC5)c4)cc3n2)c1. The Kier molecular flexibility index (Phi) is 6.36. The minimum absolute atomic E-state index is 0.559. The zero-order valence-electron chi connectivity index (χ0n) is 18.5. The third-order valence-electron chi connectivity index (χ3n) is 5.59. The summed E-state index contributed by atoms with van der Waals surface area (Å²) in [6, 6.07) is 7.58. The predicted molar refractivity (Wildman–Crippen MR) is 125 cm³/mol. The fraction of sp³-hybridized carbons (Fsp3) is 0.348. The first-order chi connectivity index (χ1) is 16.3. The smallest absolute Gasteiger partial charge is 0.157 e. The van der Waals surface area contributed by atoms with Crippen LogP contribution < -0.4 is 10.1 Å². The molecule has 0 aliphatic carbocycles. The maximum absolute atomic E-state index is 5.41. The highest BCUT2D eigenvalue weighted by molar-refractivity contribution is 5.81. The molecule has 1 aliphatic rings. The molecule has 1 aliphatic heterocycles. The zero-order chi connectivity index (χ0) is 22.5. The van der Waals surface area contributed by atoms with Crippen molar-refractivity contribution in [3.05, 3.63) is 49.1 Å². The Morgan fingerprint density at radius 2 is 1.91 bits per heavy atom. The lowest BCUT2D eigenvalue weighted by Gasteiger charge is -2.26. The highest BCUT2D eigenvalue weighted by Gasteiger charge is 2.10. The van der Waals surface area contributed by atoms with Crippen LogP contribution in [0.4, 0.5) is 11.6 Å². The average Bonchev–Trinajstić information content (AvgIpc) is 3.33. The fourth-order valence-electron chi connectivity index (χ4n) is 3.80. The second-order valence-electron chi connectivity index (χ2n) is 7.86. The molecule has 4 aromatic rings. The number of nitrogens with zero attached hydrogens (tertiary/aromatic N) is 7. The molecule has 5 heterocycles. The molecular weight excluding hydrogens is 420 g/mol. The van der Waals surface area contributed by atoms with E-state index in [-0.39, 0.29) is 0 Å². The Bertz CT molecular complexity index is 1220. The summed E-state index contributed by atoms with van der Waals surface area (Å²) in [4.78, 5) is 11.7. The number of fused-ring (bicyclic) bond motifs is 1. The van der Waals surface area contributed by atoms with Crippen LogP contribution in [0.2, 0.25) is 0 Å². The molecule has 10 heteroatoms. The van der Waals surface area contributed by atoms with Crippen molar-refractivity contribution >= 4 is 22.7 Å². The van der Waals surface area contributed by atoms with Gasteiger partial charge in [-0.1, -0.05) is 0 Å². The van der Waals surface area contributed by atoms with Gasteiger partial charge in [0.25, 0.3) is 0 Å². The van der Waals surface area contributed by atoms with Crippen molar-refractivity contribution in [1.82, 2.24) is 34.8 Å². The van der Waals surface area contributed by atoms with E-state index in [1.54, 1.807) is 19.4 Å². The lowest BCUT2D eigenvalue weighted by molar-refractivity contribution is 0.0368. The Labute approximate surface area is 191 Å². The second kappa shape index (κ2) is 9.88. The molecule has 1 saturated heterocycles. The van der Waals surface area contributed by atoms with Crippen molar-refractivity contribution in [2.45, 2.75) is 13.0 Å². The Balaban J connectivity index is 1.27. The minimum Gasteiger partial charge on any atom is -0.495 e. The number of methoxy groups -OCH3 is 1. The number of aromatic nitrogens is 6. The van der Waals surface area contributed by atoms with E-state index in [9.17, 15) is 0 Å². The van der Waals surface area contributed by atoms with E-state index in [0.29, 0.717) is 17.4 Å². The van der Waals surface area contributed by atoms with Crippen molar-refractivity contribution < 1.29 is 9.47 Å². The molecule has 0 spiro atoms. The molecule has 0 aromatic carbocycles. The van der Waals surface area contributed by atoms with Crippen LogP contribution in [0, 0.1) is 0 Å². The Morgan fingerprint density at radius 1 is 1.00 bits per heavy atom. The molecule has 5 rings (SSSR count). The summed E-state index contributed by atoms with van der Waals surface area (Å²) >= 11 is 0. The summed E-state index contributed by atoms with van der Waals surface area (Å²) < 4.78 is 12.6. The summed E-state index contributed by atoms with van der Waals surface area (Å²) in [7, 11) is 1.59. The van der Waals surface area contributed by atoms with Crippen molar-refractivity contribution in [3.8, 4) is 16.9 Å². The molecule has 0 saturated carbocycles. The molecule has 0 unspecified atom stereocenters. The van der Waals surface area contributed by atoms with Gasteiger partial charge in [0.05, 0.1) is 43.8 Å². The van der Waals surface area contributed by atoms with Crippen LogP contribution in [0.1, 0.15) is 6.42 Å². The number of pyridine rings is 2. The van der Waals surface area contributed by atoms with Gasteiger partial charge in [0.2, 0.25) is 0 Å². The lowest BCUT2D eigenvalue weighted by Crippen LogP contribution is -2.37. The third-order valence-corrected chi connectivity index (χ3v) is 5.59. The first-order valence-corrected chi connectivity index (χ1v) is 11.0. The number of morpholine rings is 1. The minimum atomic E-state index is 0.559. The number of nitrogens with one attached hydrogen (secondary N) is 1. The van der Waals surface area contributed by atoms with E-state index < -0.39 is 0 Å². The molecule has 4 aromatic heterocycles. The highest BCUT2D eigenvalue weighted by atomic mass is 16.5. The van der Waals surface area contributed by atoms with Gasteiger partial charge in [-0.05, 0) is 24.6 Å². The van der Waals surface area contributed by atoms with E-state index in [2.05, 4.69) is 36.7 Å². The van der Waals surface area contributed by atoms with Gasteiger partial charge in [0, 0.05) is 55.8 Å². The summed E-state index contributed by atoms with van der Waals surface area (Å²) in [6.45, 7) is 5.64. The van der Waals surface area contributed by atoms with Gasteiger partial charge in [-0.3, -0.25) is 14.6 Å². The van der Waals surface area contributed by atoms with Crippen LogP contribution in [0.3, 0.4) is 0 Å². The Hall–Kier alpha value is -3.63. The molecule has 1 N–H and O–H groups in total. The summed E-state index contributed by atoms with van der Waals surface area (Å²) in [5, 5.41) is 15.7. The van der Waals surface area contributed by atoms with E-state index in [4.69, 9.17) is 14.5 Å². The first kappa shape index (κ1) is 21.2. The summed E-state index contributed by atoms with van der Waals surface area (Å²) in [5.74, 6) is 1.84. The van der Waals surface area contributed by atoms with Gasteiger partial charge in [0.15, 0.2) is 5.82 Å². The Morgan fingerprint density at radius 3 is 2.79 bits per heavy atom. The standard InChI is InChI=1S/C23H26N8O2/c1-32-19-12-23(29-25-15-19)28-22-4-3-20-21(27-22)11-17(13-24-20)18-14-26-31(16-18)6-2-5-30-7-9-33-10-8-30/h3-4,11-16H,2,5-10H2,1H3,(H,27,28,29). The average molecular weight is 447 g/mol. The van der Waals surface area contributed by atoms with Crippen molar-refractivity contribution in [2.75, 3.05) is 45.3 Å². The molecule has 33 heavy (non-hydrogen) atoms. The third kappa shape index (κ3) is 5.24. The van der Waals surface area contributed by atoms with E-state index in [1.165, 1.54) is 0 Å². The molecule has 0 atom stereocenters. The molecule has 10 nitrogen and oxygen atoms in total. The first-order valence-electron chi connectivity index (χ1n) is 11.0. The molecule has 0 radical (unpaired) electrons. The number of anilines is 2. The number of aryl methyl sites for hydroxylation is 1. The van der Waals surface area contributed by atoms with Crippen molar-refractivity contribution in [3.63, 3.8) is 0 Å². The van der Waals surface area contributed by atoms with Gasteiger partial charge in [0.1, 0.15) is 11.6 Å². The molecular formula is C23H26N8O2. The topological polar surface area (TPSA) is 103 Å². The maximum Gasteiger partial charge on any atom is 0.157 e. The zero-order valence-corrected chi connectivity index (χ0v) is 18.5. The van der Waals surface area contributed by atoms with Gasteiger partial charge in [-0.2, -0.15) is 10.2 Å². The van der Waals surface area contributed by atoms with Gasteiger partial charge in [-0.25, -0.2) is 4.98 Å². The number of hydrogen-bond donors (Lipinski definition) is 1. The van der Waals surface area contributed by atoms with Crippen LogP contribution in [-0.4, -0.2) is 74.8 Å². The highest BCUT2D eigenvalue weighted by Crippen LogP contribution is 2.24. The van der Waals surface area contributed by atoms with E-state index >= 15 is 0 Å². The van der Waals surface area contributed by atoms with Crippen LogP contribution >= 0.6 is 0 Å². The van der Waals surface area contributed by atoms with E-state index in [1.807, 2.05) is 35.3 Å². The van der Waals surface area contributed by atoms with Gasteiger partial charge >= 0.3 is 0 Å². The largest absolute Gasteiger partial charge is 0.495 e. The van der Waals surface area contributed by atoms with Gasteiger partial charge in [-0.15, -0.1) is 5.10 Å². The second-order valence-corrected chi connectivity index (χ2v) is 7.86. The van der Waals surface area contributed by atoms with Crippen molar-refractivity contribution in [2.24, 2.45) is 0 Å². The molecule has 0 bridgehead atoms. The number of hydrogen-bond acceptors (Lipinski definition) is 9. The normalized spacial score (nSPS) is 14.5. The lowest BCUT2D eigenvalue weighted by atomic mass is 10.1. The quantitative estimate of drug-likeness (QED) is 0.437.